The summed E-state index contributed by atoms with van der Waals surface area (Å²) >= 11 is 0. The fourth-order valence-electron chi connectivity index (χ4n) is 2.14. The van der Waals surface area contributed by atoms with Gasteiger partial charge in [0, 0.05) is 6.54 Å². The number of nitrogens with one attached hydrogen (secondary N) is 1. The standard InChI is InChI=1S/C17H19NO3/c1-12(13-6-4-3-5-7-13)11-18-15-10-14(17(19)20)8-9-16(15)21-2/h3-10,12,18H,11H2,1-2H3,(H,19,20). The molecule has 0 radical (unpaired) electrons. The van der Waals surface area contributed by atoms with Crippen LogP contribution >= 0.6 is 0 Å². The molecule has 4 nitrogen and oxygen atoms in total. The van der Waals surface area contributed by atoms with Crippen LogP contribution in [0.3, 0.4) is 0 Å². The van der Waals surface area contributed by atoms with Gasteiger partial charge in [-0.1, -0.05) is 37.3 Å². The Hall–Kier alpha value is -2.49. The number of carboxylic acid groups (broad SMARTS) is 1. The Morgan fingerprint density at radius 1 is 1.24 bits per heavy atom. The maximum Gasteiger partial charge on any atom is 0.335 e. The van der Waals surface area contributed by atoms with E-state index in [1.807, 2.05) is 18.2 Å². The third-order valence-corrected chi connectivity index (χ3v) is 3.41. The van der Waals surface area contributed by atoms with Crippen molar-refractivity contribution in [2.75, 3.05) is 19.0 Å². The summed E-state index contributed by atoms with van der Waals surface area (Å²) in [6.45, 7) is 2.82. The van der Waals surface area contributed by atoms with E-state index in [9.17, 15) is 4.79 Å². The summed E-state index contributed by atoms with van der Waals surface area (Å²) in [5.41, 5.74) is 2.17. The van der Waals surface area contributed by atoms with Crippen LogP contribution in [0.4, 0.5) is 5.69 Å². The van der Waals surface area contributed by atoms with Gasteiger partial charge in [-0.25, -0.2) is 4.79 Å². The van der Waals surface area contributed by atoms with Crippen molar-refractivity contribution in [3.63, 3.8) is 0 Å². The zero-order valence-electron chi connectivity index (χ0n) is 12.2. The molecule has 0 saturated heterocycles. The second-order valence-electron chi connectivity index (χ2n) is 4.91. The number of aromatic carboxylic acids is 1. The van der Waals surface area contributed by atoms with Gasteiger partial charge in [0.15, 0.2) is 0 Å². The number of ether oxygens (including phenoxy) is 1. The van der Waals surface area contributed by atoms with E-state index in [1.54, 1.807) is 19.2 Å². The SMILES string of the molecule is COc1ccc(C(=O)O)cc1NCC(C)c1ccccc1. The molecule has 0 heterocycles. The summed E-state index contributed by atoms with van der Waals surface area (Å²) in [7, 11) is 1.57. The van der Waals surface area contributed by atoms with E-state index in [4.69, 9.17) is 9.84 Å². The molecule has 2 aromatic rings. The summed E-state index contributed by atoms with van der Waals surface area (Å²) in [4.78, 5) is 11.0. The highest BCUT2D eigenvalue weighted by atomic mass is 16.5. The van der Waals surface area contributed by atoms with Gasteiger partial charge in [0.05, 0.1) is 18.4 Å². The Morgan fingerprint density at radius 3 is 2.57 bits per heavy atom. The summed E-state index contributed by atoms with van der Waals surface area (Å²) in [6.07, 6.45) is 0. The molecule has 0 aliphatic heterocycles. The lowest BCUT2D eigenvalue weighted by Crippen LogP contribution is -2.11. The summed E-state index contributed by atoms with van der Waals surface area (Å²) in [6, 6.07) is 15.0. The predicted molar refractivity (Wildman–Crippen MR) is 83.3 cm³/mol. The van der Waals surface area contributed by atoms with Crippen molar-refractivity contribution < 1.29 is 14.6 Å². The number of anilines is 1. The van der Waals surface area contributed by atoms with E-state index >= 15 is 0 Å². The molecule has 4 heteroatoms. The number of carboxylic acids is 1. The van der Waals surface area contributed by atoms with Gasteiger partial charge < -0.3 is 15.2 Å². The van der Waals surface area contributed by atoms with Crippen LogP contribution in [-0.4, -0.2) is 24.7 Å². The number of rotatable bonds is 6. The predicted octanol–water partition coefficient (Wildman–Crippen LogP) is 3.61. The van der Waals surface area contributed by atoms with Gasteiger partial charge in [0.25, 0.3) is 0 Å². The molecule has 0 aliphatic carbocycles. The molecule has 0 aromatic heterocycles. The van der Waals surface area contributed by atoms with Crippen LogP contribution < -0.4 is 10.1 Å². The smallest absolute Gasteiger partial charge is 0.335 e. The zero-order chi connectivity index (χ0) is 15.2. The maximum atomic E-state index is 11.0. The maximum absolute atomic E-state index is 11.0. The van der Waals surface area contributed by atoms with Gasteiger partial charge >= 0.3 is 5.97 Å². The molecule has 0 fully saturated rings. The average molecular weight is 285 g/mol. The zero-order valence-corrected chi connectivity index (χ0v) is 12.2. The largest absolute Gasteiger partial charge is 0.495 e. The highest BCUT2D eigenvalue weighted by molar-refractivity contribution is 5.89. The second-order valence-corrected chi connectivity index (χ2v) is 4.91. The molecule has 0 bridgehead atoms. The monoisotopic (exact) mass is 285 g/mol. The number of hydrogen-bond acceptors (Lipinski definition) is 3. The highest BCUT2D eigenvalue weighted by Gasteiger charge is 2.10. The Kier molecular flexibility index (Phi) is 4.82. The molecule has 2 rings (SSSR count). The fourth-order valence-corrected chi connectivity index (χ4v) is 2.14. The van der Waals surface area contributed by atoms with Crippen LogP contribution in [0.15, 0.2) is 48.5 Å². The second kappa shape index (κ2) is 6.79. The Labute approximate surface area is 124 Å². The van der Waals surface area contributed by atoms with E-state index < -0.39 is 5.97 Å². The van der Waals surface area contributed by atoms with E-state index in [1.165, 1.54) is 11.6 Å². The van der Waals surface area contributed by atoms with E-state index in [-0.39, 0.29) is 5.56 Å². The van der Waals surface area contributed by atoms with Crippen molar-refractivity contribution in [3.05, 3.63) is 59.7 Å². The Bertz CT molecular complexity index is 611. The quantitative estimate of drug-likeness (QED) is 0.851. The van der Waals surface area contributed by atoms with E-state index in [0.717, 1.165) is 0 Å². The minimum Gasteiger partial charge on any atom is -0.495 e. The first-order chi connectivity index (χ1) is 10.1. The first-order valence-corrected chi connectivity index (χ1v) is 6.82. The molecular weight excluding hydrogens is 266 g/mol. The number of hydrogen-bond donors (Lipinski definition) is 2. The molecule has 1 atom stereocenters. The third kappa shape index (κ3) is 3.75. The minimum atomic E-state index is -0.947. The number of carbonyl (C=O) groups is 1. The van der Waals surface area contributed by atoms with Gasteiger partial charge in [0.1, 0.15) is 5.75 Å². The number of methoxy groups -OCH3 is 1. The van der Waals surface area contributed by atoms with Crippen LogP contribution in [0.25, 0.3) is 0 Å². The lowest BCUT2D eigenvalue weighted by atomic mass is 10.0. The van der Waals surface area contributed by atoms with Crippen molar-refractivity contribution >= 4 is 11.7 Å². The van der Waals surface area contributed by atoms with Crippen LogP contribution in [0, 0.1) is 0 Å². The minimum absolute atomic E-state index is 0.241. The van der Waals surface area contributed by atoms with Crippen molar-refractivity contribution in [1.29, 1.82) is 0 Å². The molecule has 0 aliphatic rings. The lowest BCUT2D eigenvalue weighted by Gasteiger charge is -2.16. The van der Waals surface area contributed by atoms with Crippen molar-refractivity contribution in [2.24, 2.45) is 0 Å². The molecule has 1 unspecified atom stereocenters. The normalized spacial score (nSPS) is 11.7. The lowest BCUT2D eigenvalue weighted by molar-refractivity contribution is 0.0697. The van der Waals surface area contributed by atoms with Crippen molar-refractivity contribution in [1.82, 2.24) is 0 Å². The molecule has 0 amide bonds. The topological polar surface area (TPSA) is 58.6 Å². The van der Waals surface area contributed by atoms with E-state index in [2.05, 4.69) is 24.4 Å². The Balaban J connectivity index is 2.11. The molecule has 0 saturated carbocycles. The molecule has 21 heavy (non-hydrogen) atoms. The van der Waals surface area contributed by atoms with Crippen molar-refractivity contribution in [3.8, 4) is 5.75 Å². The molecule has 2 N–H and O–H groups in total. The highest BCUT2D eigenvalue weighted by Crippen LogP contribution is 2.26. The average Bonchev–Trinajstić information content (AvgIpc) is 2.53. The number of benzene rings is 2. The molecule has 0 spiro atoms. The summed E-state index contributed by atoms with van der Waals surface area (Å²) < 4.78 is 5.26. The molecule has 110 valence electrons. The van der Waals surface area contributed by atoms with E-state index in [0.29, 0.717) is 23.9 Å². The fraction of sp³-hybridized carbons (Fsp3) is 0.235. The van der Waals surface area contributed by atoms with Gasteiger partial charge in [-0.05, 0) is 29.7 Å². The van der Waals surface area contributed by atoms with Crippen LogP contribution in [0.1, 0.15) is 28.8 Å². The van der Waals surface area contributed by atoms with Gasteiger partial charge in [-0.2, -0.15) is 0 Å². The molecular formula is C17H19NO3. The first kappa shape index (κ1) is 14.9. The summed E-state index contributed by atoms with van der Waals surface area (Å²) in [5, 5.41) is 12.3. The van der Waals surface area contributed by atoms with Gasteiger partial charge in [-0.15, -0.1) is 0 Å². The van der Waals surface area contributed by atoms with Crippen LogP contribution in [0.2, 0.25) is 0 Å². The first-order valence-electron chi connectivity index (χ1n) is 6.82. The molecule has 2 aromatic carbocycles. The van der Waals surface area contributed by atoms with Crippen molar-refractivity contribution in [2.45, 2.75) is 12.8 Å². The Morgan fingerprint density at radius 2 is 1.95 bits per heavy atom. The third-order valence-electron chi connectivity index (χ3n) is 3.41. The summed E-state index contributed by atoms with van der Waals surface area (Å²) in [5.74, 6) is 0.00135. The van der Waals surface area contributed by atoms with Crippen LogP contribution in [-0.2, 0) is 0 Å². The van der Waals surface area contributed by atoms with Crippen LogP contribution in [0.5, 0.6) is 5.75 Å². The van der Waals surface area contributed by atoms with Gasteiger partial charge in [-0.3, -0.25) is 0 Å². The van der Waals surface area contributed by atoms with Gasteiger partial charge in [0.2, 0.25) is 0 Å².